The van der Waals surface area contributed by atoms with Crippen molar-refractivity contribution < 1.29 is 0 Å². The van der Waals surface area contributed by atoms with Crippen molar-refractivity contribution in [3.8, 4) is 56.4 Å². The zero-order valence-corrected chi connectivity index (χ0v) is 35.8. The van der Waals surface area contributed by atoms with E-state index >= 15 is 0 Å². The Bertz CT molecular complexity index is 4220. The Balaban J connectivity index is 1.03. The Morgan fingerprint density at radius 2 is 0.738 bits per heavy atom. The lowest BCUT2D eigenvalue weighted by Gasteiger charge is -2.17. The fourth-order valence-electron chi connectivity index (χ4n) is 10.5. The maximum absolute atomic E-state index is 5.41. The van der Waals surface area contributed by atoms with Crippen molar-refractivity contribution in [2.24, 2.45) is 0 Å². The van der Waals surface area contributed by atoms with E-state index < -0.39 is 0 Å². The highest BCUT2D eigenvalue weighted by Crippen LogP contribution is 2.45. The van der Waals surface area contributed by atoms with Crippen LogP contribution in [0.25, 0.3) is 141 Å². The molecule has 0 aliphatic rings. The molecule has 0 fully saturated rings. The van der Waals surface area contributed by atoms with E-state index in [1.807, 2.05) is 11.3 Å². The van der Waals surface area contributed by atoms with Crippen LogP contribution in [0.4, 0.5) is 0 Å². The van der Waals surface area contributed by atoms with Gasteiger partial charge in [-0.3, -0.25) is 0 Å². The molecule has 0 saturated carbocycles. The van der Waals surface area contributed by atoms with Crippen LogP contribution >= 0.6 is 11.3 Å². The first-order valence-electron chi connectivity index (χ1n) is 22.1. The lowest BCUT2D eigenvalue weighted by atomic mass is 9.87. The summed E-state index contributed by atoms with van der Waals surface area (Å²) in [5.74, 6) is 1.89. The lowest BCUT2D eigenvalue weighted by molar-refractivity contribution is 1.08. The number of aromatic nitrogens is 3. The van der Waals surface area contributed by atoms with E-state index in [9.17, 15) is 0 Å². The van der Waals surface area contributed by atoms with Gasteiger partial charge in [0.2, 0.25) is 0 Å². The monoisotopic (exact) mass is 841 g/mol. The van der Waals surface area contributed by atoms with Crippen LogP contribution < -0.4 is 0 Å². The highest BCUT2D eigenvalue weighted by Gasteiger charge is 2.20. The van der Waals surface area contributed by atoms with Gasteiger partial charge in [0.25, 0.3) is 0 Å². The quantitative estimate of drug-likeness (QED) is 0.162. The summed E-state index contributed by atoms with van der Waals surface area (Å²) in [7, 11) is 0. The SMILES string of the molecule is c1ccc(-c2ccccc2-c2nc(-c3ccc(-c4cccc5c4sc4ccccc45)cc3)nc(-c3cc4ccc5cccc6c7cccc8ccc9cccc(c(c3)c4c56)c9c87)n2)cc1. The molecule has 0 amide bonds. The first-order chi connectivity index (χ1) is 32.2. The van der Waals surface area contributed by atoms with Gasteiger partial charge in [0.15, 0.2) is 17.5 Å². The summed E-state index contributed by atoms with van der Waals surface area (Å²) in [5, 5.41) is 17.4. The fourth-order valence-corrected chi connectivity index (χ4v) is 11.7. The van der Waals surface area contributed by atoms with Crippen LogP contribution in [-0.2, 0) is 0 Å². The smallest absolute Gasteiger partial charge is 0.164 e. The second kappa shape index (κ2) is 14.1. The molecule has 0 N–H and O–H groups in total. The minimum atomic E-state index is 0.629. The molecule has 12 aromatic carbocycles. The standard InChI is InChI=1S/C61H35N3S/c1-2-12-36(13-3-1)44-17-4-5-19-51(44)61-63-59(41-31-26-37(27-32-41)45-20-11-24-50-46-18-6-7-25-53(46)65-58(45)50)62-60(64-61)43-34-42-33-30-40-15-9-22-48-47-21-8-14-38-28-29-39-16-10-23-49(56(39)54(38)47)52(35-43)57(42)55(40)48/h1-35H. The second-order valence-electron chi connectivity index (χ2n) is 17.0. The highest BCUT2D eigenvalue weighted by atomic mass is 32.1. The van der Waals surface area contributed by atoms with E-state index in [-0.39, 0.29) is 0 Å². The number of hydrogen-bond donors (Lipinski definition) is 0. The summed E-state index contributed by atoms with van der Waals surface area (Å²) < 4.78 is 2.60. The molecule has 0 unspecified atom stereocenters. The summed E-state index contributed by atoms with van der Waals surface area (Å²) in [4.78, 5) is 16.1. The van der Waals surface area contributed by atoms with Gasteiger partial charge in [-0.05, 0) is 105 Å². The van der Waals surface area contributed by atoms with Gasteiger partial charge in [-0.25, -0.2) is 15.0 Å². The number of thiophene rings is 1. The van der Waals surface area contributed by atoms with Crippen molar-refractivity contribution >= 4 is 96.1 Å². The molecular formula is C61H35N3S. The van der Waals surface area contributed by atoms with Crippen LogP contribution in [0.15, 0.2) is 212 Å². The minimum absolute atomic E-state index is 0.629. The molecule has 0 aliphatic carbocycles. The van der Waals surface area contributed by atoms with Crippen molar-refractivity contribution in [2.45, 2.75) is 0 Å². The number of hydrogen-bond acceptors (Lipinski definition) is 4. The molecule has 14 aromatic rings. The third-order valence-corrected chi connectivity index (χ3v) is 14.6. The summed E-state index contributed by atoms with van der Waals surface area (Å²) in [5.41, 5.74) is 7.39. The third kappa shape index (κ3) is 5.58. The second-order valence-corrected chi connectivity index (χ2v) is 18.1. The first-order valence-corrected chi connectivity index (χ1v) is 22.9. The largest absolute Gasteiger partial charge is 0.208 e. The zero-order chi connectivity index (χ0) is 42.6. The molecule has 0 bridgehead atoms. The average molecular weight is 842 g/mol. The van der Waals surface area contributed by atoms with Gasteiger partial charge >= 0.3 is 0 Å². The number of nitrogens with zero attached hydrogens (tertiary/aromatic N) is 3. The number of rotatable bonds is 5. The van der Waals surface area contributed by atoms with Crippen molar-refractivity contribution in [2.75, 3.05) is 0 Å². The molecule has 0 radical (unpaired) electrons. The minimum Gasteiger partial charge on any atom is -0.208 e. The van der Waals surface area contributed by atoms with E-state index in [4.69, 9.17) is 15.0 Å². The fraction of sp³-hybridized carbons (Fsp3) is 0. The first kappa shape index (κ1) is 36.2. The summed E-state index contributed by atoms with van der Waals surface area (Å²) in [6.45, 7) is 0. The summed E-state index contributed by atoms with van der Waals surface area (Å²) >= 11 is 1.85. The molecular weight excluding hydrogens is 807 g/mol. The van der Waals surface area contributed by atoms with Gasteiger partial charge in [-0.1, -0.05) is 194 Å². The molecule has 4 heteroatoms. The average Bonchev–Trinajstić information content (AvgIpc) is 3.76. The van der Waals surface area contributed by atoms with E-state index in [2.05, 4.69) is 212 Å². The van der Waals surface area contributed by atoms with Gasteiger partial charge < -0.3 is 0 Å². The van der Waals surface area contributed by atoms with Crippen LogP contribution in [0.1, 0.15) is 0 Å². The molecule has 3 nitrogen and oxygen atoms in total. The van der Waals surface area contributed by atoms with Crippen molar-refractivity contribution in [3.05, 3.63) is 212 Å². The maximum Gasteiger partial charge on any atom is 0.164 e. The Morgan fingerprint density at radius 3 is 1.45 bits per heavy atom. The normalized spacial score (nSPS) is 12.0. The highest BCUT2D eigenvalue weighted by molar-refractivity contribution is 7.26. The predicted molar refractivity (Wildman–Crippen MR) is 276 cm³/mol. The zero-order valence-electron chi connectivity index (χ0n) is 35.0. The van der Waals surface area contributed by atoms with Crippen LogP contribution in [0.3, 0.4) is 0 Å². The molecule has 65 heavy (non-hydrogen) atoms. The molecule has 0 atom stereocenters. The Labute approximate surface area is 377 Å². The van der Waals surface area contributed by atoms with Crippen LogP contribution in [-0.4, -0.2) is 15.0 Å². The molecule has 0 saturated heterocycles. The van der Waals surface area contributed by atoms with Crippen molar-refractivity contribution in [1.29, 1.82) is 0 Å². The Kier molecular flexibility index (Phi) is 7.85. The molecule has 300 valence electrons. The van der Waals surface area contributed by atoms with Gasteiger partial charge in [-0.15, -0.1) is 11.3 Å². The van der Waals surface area contributed by atoms with Crippen LogP contribution in [0.5, 0.6) is 0 Å². The van der Waals surface area contributed by atoms with E-state index in [1.54, 1.807) is 0 Å². The maximum atomic E-state index is 5.41. The van der Waals surface area contributed by atoms with Crippen molar-refractivity contribution in [1.82, 2.24) is 15.0 Å². The van der Waals surface area contributed by atoms with Gasteiger partial charge in [0.05, 0.1) is 0 Å². The topological polar surface area (TPSA) is 38.7 Å². The summed E-state index contributed by atoms with van der Waals surface area (Å²) in [6.07, 6.45) is 0. The number of fused-ring (bicyclic) bond motifs is 5. The van der Waals surface area contributed by atoms with E-state index in [0.29, 0.717) is 17.5 Å². The van der Waals surface area contributed by atoms with Gasteiger partial charge in [0.1, 0.15) is 0 Å². The lowest BCUT2D eigenvalue weighted by Crippen LogP contribution is -2.01. The molecule has 0 spiro atoms. The molecule has 2 heterocycles. The van der Waals surface area contributed by atoms with E-state index in [0.717, 1.165) is 38.8 Å². The van der Waals surface area contributed by atoms with Crippen LogP contribution in [0.2, 0.25) is 0 Å². The Hall–Kier alpha value is -8.31. The van der Waals surface area contributed by atoms with E-state index in [1.165, 1.54) is 85.0 Å². The predicted octanol–water partition coefficient (Wildman–Crippen LogP) is 16.9. The van der Waals surface area contributed by atoms with Gasteiger partial charge in [0, 0.05) is 36.9 Å². The summed E-state index contributed by atoms with van der Waals surface area (Å²) in [6, 6.07) is 76.9. The molecule has 2 aromatic heterocycles. The molecule has 0 aliphatic heterocycles. The Morgan fingerprint density at radius 1 is 0.262 bits per heavy atom. The van der Waals surface area contributed by atoms with Gasteiger partial charge in [-0.2, -0.15) is 0 Å². The third-order valence-electron chi connectivity index (χ3n) is 13.4. The molecule has 14 rings (SSSR count). The van der Waals surface area contributed by atoms with Crippen LogP contribution in [0, 0.1) is 0 Å². The van der Waals surface area contributed by atoms with Crippen molar-refractivity contribution in [3.63, 3.8) is 0 Å². The number of benzene rings is 11.